The van der Waals surface area contributed by atoms with E-state index < -0.39 is 17.5 Å². The van der Waals surface area contributed by atoms with E-state index in [2.05, 4.69) is 5.10 Å². The Morgan fingerprint density at radius 2 is 1.67 bits per heavy atom. The lowest BCUT2D eigenvalue weighted by molar-refractivity contribution is 0.528. The summed E-state index contributed by atoms with van der Waals surface area (Å²) in [5, 5.41) is 4.15. The standard InChI is InChI=1S/C13H13F3N2/c1-7(2)18-6-8(3)13(17-18)12-10(15)4-9(14)5-11(12)16/h4-7H,1-3H3. The van der Waals surface area contributed by atoms with Gasteiger partial charge in [0.25, 0.3) is 0 Å². The third-order valence-electron chi connectivity index (χ3n) is 2.69. The summed E-state index contributed by atoms with van der Waals surface area (Å²) in [6.07, 6.45) is 1.71. The average molecular weight is 254 g/mol. The van der Waals surface area contributed by atoms with Gasteiger partial charge < -0.3 is 0 Å². The molecule has 0 spiro atoms. The van der Waals surface area contributed by atoms with Gasteiger partial charge in [0, 0.05) is 24.4 Å². The highest BCUT2D eigenvalue weighted by Crippen LogP contribution is 2.28. The van der Waals surface area contributed by atoms with Crippen molar-refractivity contribution in [1.82, 2.24) is 9.78 Å². The first-order valence-electron chi connectivity index (χ1n) is 5.61. The first kappa shape index (κ1) is 12.7. The smallest absolute Gasteiger partial charge is 0.138 e. The van der Waals surface area contributed by atoms with Crippen LogP contribution in [0.3, 0.4) is 0 Å². The van der Waals surface area contributed by atoms with Crippen molar-refractivity contribution in [1.29, 1.82) is 0 Å². The van der Waals surface area contributed by atoms with Crippen LogP contribution in [0.15, 0.2) is 18.3 Å². The van der Waals surface area contributed by atoms with E-state index in [1.807, 2.05) is 13.8 Å². The van der Waals surface area contributed by atoms with Gasteiger partial charge in [-0.1, -0.05) is 0 Å². The molecule has 5 heteroatoms. The van der Waals surface area contributed by atoms with E-state index >= 15 is 0 Å². The Bertz CT molecular complexity index is 565. The summed E-state index contributed by atoms with van der Waals surface area (Å²) >= 11 is 0. The van der Waals surface area contributed by atoms with Crippen LogP contribution in [0, 0.1) is 24.4 Å². The van der Waals surface area contributed by atoms with Crippen molar-refractivity contribution in [3.63, 3.8) is 0 Å². The second-order valence-electron chi connectivity index (χ2n) is 4.48. The Morgan fingerprint density at radius 1 is 1.11 bits per heavy atom. The number of aromatic nitrogens is 2. The Hall–Kier alpha value is -1.78. The van der Waals surface area contributed by atoms with Crippen molar-refractivity contribution in [3.05, 3.63) is 41.3 Å². The third kappa shape index (κ3) is 2.12. The Kier molecular flexibility index (Phi) is 3.15. The second-order valence-corrected chi connectivity index (χ2v) is 4.48. The van der Waals surface area contributed by atoms with Crippen LogP contribution in [0.4, 0.5) is 13.2 Å². The molecule has 0 aliphatic heterocycles. The van der Waals surface area contributed by atoms with Gasteiger partial charge in [-0.05, 0) is 26.3 Å². The van der Waals surface area contributed by atoms with Gasteiger partial charge in [0.15, 0.2) is 0 Å². The third-order valence-corrected chi connectivity index (χ3v) is 2.69. The van der Waals surface area contributed by atoms with Gasteiger partial charge in [-0.15, -0.1) is 0 Å². The molecule has 0 fully saturated rings. The maximum atomic E-state index is 13.7. The summed E-state index contributed by atoms with van der Waals surface area (Å²) in [5.41, 5.74) is 0.570. The lowest BCUT2D eigenvalue weighted by Crippen LogP contribution is -2.01. The molecule has 0 aliphatic carbocycles. The van der Waals surface area contributed by atoms with Crippen LogP contribution in [0.5, 0.6) is 0 Å². The normalized spacial score (nSPS) is 11.3. The number of hydrogen-bond donors (Lipinski definition) is 0. The van der Waals surface area contributed by atoms with Crippen LogP contribution in [0.2, 0.25) is 0 Å². The molecule has 18 heavy (non-hydrogen) atoms. The first-order valence-corrected chi connectivity index (χ1v) is 5.61. The van der Waals surface area contributed by atoms with Crippen molar-refractivity contribution < 1.29 is 13.2 Å². The molecule has 2 rings (SSSR count). The minimum Gasteiger partial charge on any atom is -0.269 e. The summed E-state index contributed by atoms with van der Waals surface area (Å²) in [6.45, 7) is 5.53. The van der Waals surface area contributed by atoms with Crippen molar-refractivity contribution >= 4 is 0 Å². The number of aryl methyl sites for hydroxylation is 1. The molecule has 0 atom stereocenters. The monoisotopic (exact) mass is 254 g/mol. The molecule has 2 nitrogen and oxygen atoms in total. The number of nitrogens with zero attached hydrogens (tertiary/aromatic N) is 2. The predicted molar refractivity (Wildman–Crippen MR) is 62.7 cm³/mol. The highest BCUT2D eigenvalue weighted by Gasteiger charge is 2.19. The molecule has 2 aromatic rings. The van der Waals surface area contributed by atoms with E-state index in [1.54, 1.807) is 17.8 Å². The van der Waals surface area contributed by atoms with E-state index in [0.29, 0.717) is 17.7 Å². The SMILES string of the molecule is Cc1cn(C(C)C)nc1-c1c(F)cc(F)cc1F. The Labute approximate surface area is 103 Å². The summed E-state index contributed by atoms with van der Waals surface area (Å²) in [5.74, 6) is -2.82. The molecular formula is C13H13F3N2. The van der Waals surface area contributed by atoms with Crippen LogP contribution >= 0.6 is 0 Å². The van der Waals surface area contributed by atoms with E-state index in [9.17, 15) is 13.2 Å². The molecule has 0 saturated carbocycles. The molecular weight excluding hydrogens is 241 g/mol. The van der Waals surface area contributed by atoms with Crippen molar-refractivity contribution in [2.75, 3.05) is 0 Å². The highest BCUT2D eigenvalue weighted by atomic mass is 19.1. The summed E-state index contributed by atoms with van der Waals surface area (Å²) < 4.78 is 41.8. The van der Waals surface area contributed by atoms with Crippen LogP contribution in [0.25, 0.3) is 11.3 Å². The average Bonchev–Trinajstić information content (AvgIpc) is 2.59. The lowest BCUT2D eigenvalue weighted by Gasteiger charge is -2.05. The van der Waals surface area contributed by atoms with E-state index in [-0.39, 0.29) is 17.3 Å². The lowest BCUT2D eigenvalue weighted by atomic mass is 10.1. The van der Waals surface area contributed by atoms with Gasteiger partial charge >= 0.3 is 0 Å². The number of halogens is 3. The van der Waals surface area contributed by atoms with Gasteiger partial charge in [-0.3, -0.25) is 4.68 Å². The van der Waals surface area contributed by atoms with E-state index in [0.717, 1.165) is 0 Å². The summed E-state index contributed by atoms with van der Waals surface area (Å²) in [6, 6.07) is 1.41. The largest absolute Gasteiger partial charge is 0.269 e. The van der Waals surface area contributed by atoms with Gasteiger partial charge in [-0.25, -0.2) is 13.2 Å². The Balaban J connectivity index is 2.62. The predicted octanol–water partition coefficient (Wildman–Crippen LogP) is 3.86. The zero-order chi connectivity index (χ0) is 13.4. The molecule has 0 amide bonds. The van der Waals surface area contributed by atoms with Crippen LogP contribution in [-0.2, 0) is 0 Å². The minimum absolute atomic E-state index is 0.0871. The quantitative estimate of drug-likeness (QED) is 0.795. The molecule has 96 valence electrons. The van der Waals surface area contributed by atoms with Crippen molar-refractivity contribution in [3.8, 4) is 11.3 Å². The van der Waals surface area contributed by atoms with Gasteiger partial charge in [-0.2, -0.15) is 5.10 Å². The molecule has 0 saturated heterocycles. The van der Waals surface area contributed by atoms with Crippen molar-refractivity contribution in [2.45, 2.75) is 26.8 Å². The molecule has 1 aromatic heterocycles. The molecule has 1 aromatic carbocycles. The second kappa shape index (κ2) is 4.48. The minimum atomic E-state index is -0.940. The van der Waals surface area contributed by atoms with Gasteiger partial charge in [0.05, 0.1) is 5.56 Å². The fourth-order valence-corrected chi connectivity index (χ4v) is 1.76. The maximum Gasteiger partial charge on any atom is 0.138 e. The fourth-order valence-electron chi connectivity index (χ4n) is 1.76. The summed E-state index contributed by atoms with van der Waals surface area (Å²) in [7, 11) is 0. The molecule has 0 unspecified atom stereocenters. The van der Waals surface area contributed by atoms with Gasteiger partial charge in [0.1, 0.15) is 23.1 Å². The number of rotatable bonds is 2. The van der Waals surface area contributed by atoms with Gasteiger partial charge in [0.2, 0.25) is 0 Å². The first-order chi connectivity index (χ1) is 8.40. The number of benzene rings is 1. The zero-order valence-electron chi connectivity index (χ0n) is 10.3. The molecule has 1 heterocycles. The number of hydrogen-bond acceptors (Lipinski definition) is 1. The van der Waals surface area contributed by atoms with Crippen LogP contribution in [0.1, 0.15) is 25.5 Å². The van der Waals surface area contributed by atoms with Crippen LogP contribution in [-0.4, -0.2) is 9.78 Å². The summed E-state index contributed by atoms with van der Waals surface area (Å²) in [4.78, 5) is 0. The zero-order valence-corrected chi connectivity index (χ0v) is 10.3. The Morgan fingerprint density at radius 3 is 2.11 bits per heavy atom. The fraction of sp³-hybridized carbons (Fsp3) is 0.308. The van der Waals surface area contributed by atoms with E-state index in [1.165, 1.54) is 0 Å². The van der Waals surface area contributed by atoms with E-state index in [4.69, 9.17) is 0 Å². The highest BCUT2D eigenvalue weighted by molar-refractivity contribution is 5.63. The molecule has 0 N–H and O–H groups in total. The van der Waals surface area contributed by atoms with Crippen molar-refractivity contribution in [2.24, 2.45) is 0 Å². The maximum absolute atomic E-state index is 13.7. The molecule has 0 aliphatic rings. The molecule has 0 bridgehead atoms. The topological polar surface area (TPSA) is 17.8 Å². The molecule has 0 radical (unpaired) electrons. The van der Waals surface area contributed by atoms with Crippen LogP contribution < -0.4 is 0 Å².